The number of piperidine rings is 2. The van der Waals surface area contributed by atoms with Crippen molar-refractivity contribution in [2.24, 2.45) is 5.92 Å². The van der Waals surface area contributed by atoms with E-state index in [0.717, 1.165) is 31.7 Å². The molecule has 0 amide bonds. The summed E-state index contributed by atoms with van der Waals surface area (Å²) < 4.78 is 26.3. The molecule has 2 aliphatic rings. The van der Waals surface area contributed by atoms with Crippen LogP contribution in [0.1, 0.15) is 42.5 Å². The molecule has 102 valence electrons. The Kier molecular flexibility index (Phi) is 3.31. The van der Waals surface area contributed by atoms with Crippen LogP contribution in [0.25, 0.3) is 0 Å². The minimum Gasteiger partial charge on any atom is -0.311 e. The Morgan fingerprint density at radius 2 is 1.89 bits per heavy atom. The fourth-order valence-corrected chi connectivity index (χ4v) is 3.30. The van der Waals surface area contributed by atoms with E-state index < -0.39 is 11.9 Å². The van der Waals surface area contributed by atoms with E-state index in [1.807, 2.05) is 0 Å². The first kappa shape index (κ1) is 12.7. The summed E-state index contributed by atoms with van der Waals surface area (Å²) in [5.41, 5.74) is -0.0774. The van der Waals surface area contributed by atoms with Crippen LogP contribution in [-0.4, -0.2) is 22.9 Å². The van der Waals surface area contributed by atoms with E-state index in [4.69, 9.17) is 0 Å². The summed E-state index contributed by atoms with van der Waals surface area (Å²) >= 11 is 0. The first-order valence-electron chi connectivity index (χ1n) is 6.76. The molecule has 1 N–H and O–H groups in total. The molecule has 0 spiro atoms. The van der Waals surface area contributed by atoms with Crippen molar-refractivity contribution >= 4 is 5.78 Å². The highest BCUT2D eigenvalue weighted by atomic mass is 19.1. The van der Waals surface area contributed by atoms with E-state index in [1.54, 1.807) is 0 Å². The van der Waals surface area contributed by atoms with Crippen molar-refractivity contribution in [2.75, 3.05) is 0 Å². The van der Waals surface area contributed by atoms with Gasteiger partial charge in [0.05, 0.1) is 5.56 Å². The van der Waals surface area contributed by atoms with Crippen molar-refractivity contribution < 1.29 is 13.6 Å². The van der Waals surface area contributed by atoms with Gasteiger partial charge >= 0.3 is 0 Å². The number of halogens is 2. The molecule has 1 aromatic heterocycles. The number of carbonyl (C=O) groups excluding carboxylic acids is 1. The average molecular weight is 266 g/mol. The van der Waals surface area contributed by atoms with E-state index in [-0.39, 0.29) is 17.3 Å². The Bertz CT molecular complexity index is 494. The van der Waals surface area contributed by atoms with Crippen LogP contribution >= 0.6 is 0 Å². The van der Waals surface area contributed by atoms with Crippen molar-refractivity contribution in [1.82, 2.24) is 10.3 Å². The Balaban J connectivity index is 1.80. The lowest BCUT2D eigenvalue weighted by Crippen LogP contribution is -2.50. The number of aromatic nitrogens is 1. The van der Waals surface area contributed by atoms with Crippen molar-refractivity contribution in [2.45, 2.75) is 44.2 Å². The number of fused-ring (bicyclic) bond motifs is 2. The quantitative estimate of drug-likeness (QED) is 0.660. The van der Waals surface area contributed by atoms with Gasteiger partial charge in [-0.1, -0.05) is 6.42 Å². The highest BCUT2D eigenvalue weighted by molar-refractivity contribution is 5.97. The van der Waals surface area contributed by atoms with Crippen LogP contribution in [-0.2, 0) is 0 Å². The van der Waals surface area contributed by atoms with E-state index in [2.05, 4.69) is 10.3 Å². The summed E-state index contributed by atoms with van der Waals surface area (Å²) in [4.78, 5) is 15.4. The molecule has 2 aliphatic heterocycles. The largest absolute Gasteiger partial charge is 0.311 e. The van der Waals surface area contributed by atoms with Gasteiger partial charge in [0.2, 0.25) is 11.9 Å². The summed E-state index contributed by atoms with van der Waals surface area (Å²) in [6, 6.07) is 2.96. The van der Waals surface area contributed by atoms with E-state index in [0.29, 0.717) is 12.1 Å². The van der Waals surface area contributed by atoms with E-state index >= 15 is 0 Å². The molecule has 3 nitrogen and oxygen atoms in total. The normalized spacial score (nSPS) is 30.1. The first-order valence-corrected chi connectivity index (χ1v) is 6.76. The fraction of sp³-hybridized carbons (Fsp3) is 0.571. The van der Waals surface area contributed by atoms with E-state index in [1.165, 1.54) is 12.5 Å². The van der Waals surface area contributed by atoms with Crippen LogP contribution in [0.5, 0.6) is 0 Å². The second-order valence-electron chi connectivity index (χ2n) is 5.50. The average Bonchev–Trinajstić information content (AvgIpc) is 2.37. The van der Waals surface area contributed by atoms with Crippen molar-refractivity contribution in [3.8, 4) is 0 Å². The Labute approximate surface area is 110 Å². The highest BCUT2D eigenvalue weighted by Crippen LogP contribution is 2.32. The first-order chi connectivity index (χ1) is 9.13. The zero-order valence-corrected chi connectivity index (χ0v) is 10.5. The molecule has 0 radical (unpaired) electrons. The number of nitrogens with one attached hydrogen (secondary N) is 1. The lowest BCUT2D eigenvalue weighted by molar-refractivity contribution is 0.0819. The lowest BCUT2D eigenvalue weighted by atomic mass is 9.77. The Morgan fingerprint density at radius 3 is 2.53 bits per heavy atom. The second-order valence-corrected chi connectivity index (χ2v) is 5.50. The maximum atomic E-state index is 13.6. The predicted molar refractivity (Wildman–Crippen MR) is 65.8 cm³/mol. The van der Waals surface area contributed by atoms with Crippen molar-refractivity contribution in [1.29, 1.82) is 0 Å². The zero-order valence-electron chi connectivity index (χ0n) is 10.5. The summed E-state index contributed by atoms with van der Waals surface area (Å²) in [5, 5.41) is 3.49. The van der Waals surface area contributed by atoms with Crippen LogP contribution in [0, 0.1) is 17.8 Å². The van der Waals surface area contributed by atoms with Gasteiger partial charge in [0.25, 0.3) is 0 Å². The molecule has 2 bridgehead atoms. The van der Waals surface area contributed by atoms with Crippen molar-refractivity contribution in [3.63, 3.8) is 0 Å². The number of ketones is 1. The third-order valence-electron chi connectivity index (χ3n) is 4.17. The van der Waals surface area contributed by atoms with Gasteiger partial charge in [-0.2, -0.15) is 13.8 Å². The fourth-order valence-electron chi connectivity index (χ4n) is 3.30. The molecule has 5 heteroatoms. The molecule has 2 unspecified atom stereocenters. The molecule has 19 heavy (non-hydrogen) atoms. The molecule has 3 rings (SSSR count). The van der Waals surface area contributed by atoms with Crippen LogP contribution in [0.3, 0.4) is 0 Å². The number of carbonyl (C=O) groups is 1. The highest BCUT2D eigenvalue weighted by Gasteiger charge is 2.35. The third kappa shape index (κ3) is 2.52. The number of hydrogen-bond donors (Lipinski definition) is 1. The van der Waals surface area contributed by atoms with Gasteiger partial charge in [-0.05, 0) is 37.8 Å². The Hall–Kier alpha value is -1.36. The molecule has 3 heterocycles. The monoisotopic (exact) mass is 266 g/mol. The minimum absolute atomic E-state index is 0.0774. The SMILES string of the molecule is O=C(c1ccc(F)nc1F)C1CC2CCCC(C1)N2. The van der Waals surface area contributed by atoms with Gasteiger partial charge in [0, 0.05) is 18.0 Å². The third-order valence-corrected chi connectivity index (χ3v) is 4.17. The van der Waals surface area contributed by atoms with Crippen molar-refractivity contribution in [3.05, 3.63) is 29.6 Å². The maximum Gasteiger partial charge on any atom is 0.226 e. The number of nitrogens with zero attached hydrogens (tertiary/aromatic N) is 1. The smallest absolute Gasteiger partial charge is 0.226 e. The van der Waals surface area contributed by atoms with Gasteiger partial charge < -0.3 is 5.32 Å². The van der Waals surface area contributed by atoms with Gasteiger partial charge in [-0.25, -0.2) is 0 Å². The molecule has 2 saturated heterocycles. The molecule has 1 aromatic rings. The van der Waals surface area contributed by atoms with Gasteiger partial charge in [-0.3, -0.25) is 4.79 Å². The molecule has 2 fully saturated rings. The molecule has 2 atom stereocenters. The zero-order chi connectivity index (χ0) is 13.4. The number of Topliss-reactive ketones (excluding diaryl/α,β-unsaturated/α-hetero) is 1. The number of pyridine rings is 1. The van der Waals surface area contributed by atoms with Crippen LogP contribution in [0.4, 0.5) is 8.78 Å². The maximum absolute atomic E-state index is 13.6. The topological polar surface area (TPSA) is 42.0 Å². The van der Waals surface area contributed by atoms with Gasteiger partial charge in [-0.15, -0.1) is 0 Å². The van der Waals surface area contributed by atoms with Crippen LogP contribution < -0.4 is 5.32 Å². The summed E-state index contributed by atoms with van der Waals surface area (Å²) in [7, 11) is 0. The number of rotatable bonds is 2. The standard InChI is InChI=1S/C14H16F2N2O/c15-12-5-4-11(14(16)18-12)13(19)8-6-9-2-1-3-10(7-8)17-9/h4-5,8-10,17H,1-3,6-7H2. The molecular weight excluding hydrogens is 250 g/mol. The molecular formula is C14H16F2N2O. The summed E-state index contributed by atoms with van der Waals surface area (Å²) in [6.45, 7) is 0. The summed E-state index contributed by atoms with van der Waals surface area (Å²) in [5.74, 6) is -2.29. The lowest BCUT2D eigenvalue weighted by Gasteiger charge is -2.39. The van der Waals surface area contributed by atoms with Crippen LogP contribution in [0.15, 0.2) is 12.1 Å². The minimum atomic E-state index is -0.992. The van der Waals surface area contributed by atoms with Gasteiger partial charge in [0.1, 0.15) is 0 Å². The second kappa shape index (κ2) is 4.96. The molecule has 0 aromatic carbocycles. The summed E-state index contributed by atoms with van der Waals surface area (Å²) in [6.07, 6.45) is 4.82. The predicted octanol–water partition coefficient (Wildman–Crippen LogP) is 2.46. The van der Waals surface area contributed by atoms with E-state index in [9.17, 15) is 13.6 Å². The number of hydrogen-bond acceptors (Lipinski definition) is 3. The molecule has 0 aliphatic carbocycles. The van der Waals surface area contributed by atoms with Gasteiger partial charge in [0.15, 0.2) is 5.78 Å². The van der Waals surface area contributed by atoms with Crippen LogP contribution in [0.2, 0.25) is 0 Å². The Morgan fingerprint density at radius 1 is 1.21 bits per heavy atom. The molecule has 0 saturated carbocycles.